The van der Waals surface area contributed by atoms with Gasteiger partial charge in [-0.3, -0.25) is 9.00 Å². The van der Waals surface area contributed by atoms with E-state index in [0.717, 1.165) is 13.0 Å². The Bertz CT molecular complexity index is 265. The zero-order valence-corrected chi connectivity index (χ0v) is 11.6. The number of hydrogen-bond donors (Lipinski definition) is 2. The van der Waals surface area contributed by atoms with Gasteiger partial charge in [0.05, 0.1) is 0 Å². The van der Waals surface area contributed by atoms with E-state index in [0.29, 0.717) is 19.0 Å². The Morgan fingerprint density at radius 1 is 1.53 bits per heavy atom. The van der Waals surface area contributed by atoms with E-state index in [1.54, 1.807) is 6.26 Å². The van der Waals surface area contributed by atoms with Crippen molar-refractivity contribution in [2.75, 3.05) is 19.3 Å². The molecule has 1 heterocycles. The number of carbonyl (C=O) groups excluding carboxylic acids is 1. The molecular weight excluding hydrogens is 236 g/mol. The first-order chi connectivity index (χ1) is 8.09. The molecule has 4 nitrogen and oxygen atoms in total. The number of amides is 1. The summed E-state index contributed by atoms with van der Waals surface area (Å²) in [6, 6.07) is 0.507. The predicted molar refractivity (Wildman–Crippen MR) is 71.4 cm³/mol. The zero-order chi connectivity index (χ0) is 12.7. The van der Waals surface area contributed by atoms with Gasteiger partial charge in [-0.1, -0.05) is 6.42 Å². The molecule has 1 aliphatic rings. The summed E-state index contributed by atoms with van der Waals surface area (Å²) in [5.74, 6) is 0.0784. The van der Waals surface area contributed by atoms with E-state index in [4.69, 9.17) is 0 Å². The van der Waals surface area contributed by atoms with Crippen molar-refractivity contribution in [3.63, 3.8) is 0 Å². The average Bonchev–Trinajstić information content (AvgIpc) is 2.34. The number of nitrogens with one attached hydrogen (secondary N) is 2. The highest BCUT2D eigenvalue weighted by Crippen LogP contribution is 2.11. The summed E-state index contributed by atoms with van der Waals surface area (Å²) in [6.07, 6.45) is 6.86. The lowest BCUT2D eigenvalue weighted by Gasteiger charge is -2.23. The molecule has 3 atom stereocenters. The molecule has 0 aliphatic carbocycles. The van der Waals surface area contributed by atoms with Crippen LogP contribution in [0.25, 0.3) is 0 Å². The van der Waals surface area contributed by atoms with E-state index in [-0.39, 0.29) is 11.2 Å². The Balaban J connectivity index is 2.10. The molecule has 1 rings (SSSR count). The maximum absolute atomic E-state index is 11.6. The van der Waals surface area contributed by atoms with E-state index >= 15 is 0 Å². The van der Waals surface area contributed by atoms with Crippen LogP contribution in [0.1, 0.15) is 39.0 Å². The van der Waals surface area contributed by atoms with Gasteiger partial charge >= 0.3 is 0 Å². The number of piperidine rings is 1. The lowest BCUT2D eigenvalue weighted by Crippen LogP contribution is -2.36. The predicted octanol–water partition coefficient (Wildman–Crippen LogP) is 0.792. The standard InChI is InChI=1S/C12H24N2O2S/c1-10(17(2)16)9-14-12(15)7-6-11-5-3-4-8-13-11/h10-11,13H,3-9H2,1-2H3,(H,14,15). The molecular formula is C12H24N2O2S. The van der Waals surface area contributed by atoms with E-state index in [1.165, 1.54) is 19.3 Å². The van der Waals surface area contributed by atoms with E-state index < -0.39 is 10.8 Å². The Morgan fingerprint density at radius 2 is 2.29 bits per heavy atom. The summed E-state index contributed by atoms with van der Waals surface area (Å²) in [5, 5.41) is 6.31. The lowest BCUT2D eigenvalue weighted by atomic mass is 10.0. The maximum Gasteiger partial charge on any atom is 0.220 e. The van der Waals surface area contributed by atoms with Gasteiger partial charge in [0.2, 0.25) is 5.91 Å². The second-order valence-electron chi connectivity index (χ2n) is 4.80. The molecule has 0 bridgehead atoms. The molecule has 1 aliphatic heterocycles. The average molecular weight is 260 g/mol. The first-order valence-electron chi connectivity index (χ1n) is 6.42. The van der Waals surface area contributed by atoms with Crippen molar-refractivity contribution in [2.45, 2.75) is 50.3 Å². The Labute approximate surface area is 106 Å². The first-order valence-corrected chi connectivity index (χ1v) is 8.04. The van der Waals surface area contributed by atoms with Gasteiger partial charge in [0.1, 0.15) is 0 Å². The van der Waals surface area contributed by atoms with Crippen LogP contribution in [0.15, 0.2) is 0 Å². The number of rotatable bonds is 6. The van der Waals surface area contributed by atoms with Crippen LogP contribution in [0.3, 0.4) is 0 Å². The van der Waals surface area contributed by atoms with Gasteiger partial charge in [0, 0.05) is 41.3 Å². The van der Waals surface area contributed by atoms with E-state index in [1.807, 2.05) is 6.92 Å². The SMILES string of the molecule is CC(CNC(=O)CCC1CCCCN1)S(C)=O. The van der Waals surface area contributed by atoms with Gasteiger partial charge < -0.3 is 10.6 Å². The highest BCUT2D eigenvalue weighted by molar-refractivity contribution is 7.84. The van der Waals surface area contributed by atoms with Gasteiger partial charge in [0.15, 0.2) is 0 Å². The normalized spacial score (nSPS) is 24.0. The Hall–Kier alpha value is -0.420. The molecule has 17 heavy (non-hydrogen) atoms. The second-order valence-corrected chi connectivity index (χ2v) is 6.60. The van der Waals surface area contributed by atoms with Crippen molar-refractivity contribution in [3.05, 3.63) is 0 Å². The van der Waals surface area contributed by atoms with Gasteiger partial charge in [-0.25, -0.2) is 0 Å². The van der Waals surface area contributed by atoms with Crippen molar-refractivity contribution in [1.82, 2.24) is 10.6 Å². The highest BCUT2D eigenvalue weighted by atomic mass is 32.2. The van der Waals surface area contributed by atoms with Crippen LogP contribution in [-0.4, -0.2) is 40.8 Å². The largest absolute Gasteiger partial charge is 0.355 e. The van der Waals surface area contributed by atoms with Crippen LogP contribution < -0.4 is 10.6 Å². The van der Waals surface area contributed by atoms with Gasteiger partial charge in [-0.15, -0.1) is 0 Å². The van der Waals surface area contributed by atoms with E-state index in [9.17, 15) is 9.00 Å². The summed E-state index contributed by atoms with van der Waals surface area (Å²) < 4.78 is 11.1. The van der Waals surface area contributed by atoms with Crippen molar-refractivity contribution >= 4 is 16.7 Å². The fourth-order valence-corrected chi connectivity index (χ4v) is 2.26. The highest BCUT2D eigenvalue weighted by Gasteiger charge is 2.14. The second kappa shape index (κ2) is 7.82. The van der Waals surface area contributed by atoms with Crippen LogP contribution in [0.2, 0.25) is 0 Å². The molecule has 0 aromatic heterocycles. The number of hydrogen-bond acceptors (Lipinski definition) is 3. The molecule has 5 heteroatoms. The third kappa shape index (κ3) is 6.17. The van der Waals surface area contributed by atoms with Gasteiger partial charge in [-0.2, -0.15) is 0 Å². The molecule has 100 valence electrons. The first kappa shape index (κ1) is 14.6. The van der Waals surface area contributed by atoms with Crippen LogP contribution in [0, 0.1) is 0 Å². The van der Waals surface area contributed by atoms with Crippen LogP contribution in [0.5, 0.6) is 0 Å². The van der Waals surface area contributed by atoms with Crippen LogP contribution >= 0.6 is 0 Å². The quantitative estimate of drug-likeness (QED) is 0.742. The molecule has 1 fully saturated rings. The van der Waals surface area contributed by atoms with Crippen molar-refractivity contribution in [2.24, 2.45) is 0 Å². The molecule has 3 unspecified atom stereocenters. The molecule has 0 radical (unpaired) electrons. The monoisotopic (exact) mass is 260 g/mol. The summed E-state index contributed by atoms with van der Waals surface area (Å²) in [7, 11) is -0.862. The van der Waals surface area contributed by atoms with Gasteiger partial charge in [-0.05, 0) is 32.7 Å². The summed E-state index contributed by atoms with van der Waals surface area (Å²) >= 11 is 0. The molecule has 0 aromatic carbocycles. The number of carbonyl (C=O) groups is 1. The smallest absolute Gasteiger partial charge is 0.220 e. The minimum Gasteiger partial charge on any atom is -0.355 e. The minimum atomic E-state index is -0.862. The molecule has 0 aromatic rings. The third-order valence-corrected chi connectivity index (χ3v) is 4.59. The Kier molecular flexibility index (Phi) is 6.73. The molecule has 1 amide bonds. The third-order valence-electron chi connectivity index (χ3n) is 3.29. The zero-order valence-electron chi connectivity index (χ0n) is 10.8. The fraction of sp³-hybridized carbons (Fsp3) is 0.917. The minimum absolute atomic E-state index is 0.0340. The topological polar surface area (TPSA) is 58.2 Å². The van der Waals surface area contributed by atoms with Crippen LogP contribution in [-0.2, 0) is 15.6 Å². The lowest BCUT2D eigenvalue weighted by molar-refractivity contribution is -0.121. The van der Waals surface area contributed by atoms with Crippen molar-refractivity contribution in [1.29, 1.82) is 0 Å². The molecule has 2 N–H and O–H groups in total. The van der Waals surface area contributed by atoms with Crippen molar-refractivity contribution in [3.8, 4) is 0 Å². The van der Waals surface area contributed by atoms with Crippen molar-refractivity contribution < 1.29 is 9.00 Å². The van der Waals surface area contributed by atoms with Crippen LogP contribution in [0.4, 0.5) is 0 Å². The Morgan fingerprint density at radius 3 is 2.88 bits per heavy atom. The maximum atomic E-state index is 11.6. The molecule has 0 saturated carbocycles. The van der Waals surface area contributed by atoms with E-state index in [2.05, 4.69) is 10.6 Å². The summed E-state index contributed by atoms with van der Waals surface area (Å²) in [5.41, 5.74) is 0. The molecule has 0 spiro atoms. The molecule has 1 saturated heterocycles. The summed E-state index contributed by atoms with van der Waals surface area (Å²) in [6.45, 7) is 3.48. The fourth-order valence-electron chi connectivity index (χ4n) is 1.94. The van der Waals surface area contributed by atoms with Gasteiger partial charge in [0.25, 0.3) is 0 Å². The summed E-state index contributed by atoms with van der Waals surface area (Å²) in [4.78, 5) is 11.6.